The third-order valence-corrected chi connectivity index (χ3v) is 4.16. The Hall–Kier alpha value is -1.27. The average molecular weight is 347 g/mol. The molecular formula is C15H23ClN2O3S. The van der Waals surface area contributed by atoms with Gasteiger partial charge < -0.3 is 5.32 Å². The maximum absolute atomic E-state index is 12.3. The van der Waals surface area contributed by atoms with E-state index in [1.54, 1.807) is 6.07 Å². The number of hydrogen-bond donors (Lipinski definition) is 2. The van der Waals surface area contributed by atoms with Crippen molar-refractivity contribution in [1.82, 2.24) is 5.32 Å². The van der Waals surface area contributed by atoms with Gasteiger partial charge in [0.1, 0.15) is 0 Å². The first-order valence-corrected chi connectivity index (χ1v) is 9.36. The third kappa shape index (κ3) is 5.50. The van der Waals surface area contributed by atoms with Crippen LogP contribution >= 0.6 is 11.6 Å². The predicted molar refractivity (Wildman–Crippen MR) is 90.8 cm³/mol. The van der Waals surface area contributed by atoms with Crippen LogP contribution in [-0.2, 0) is 10.0 Å². The van der Waals surface area contributed by atoms with Crippen molar-refractivity contribution in [1.29, 1.82) is 0 Å². The minimum atomic E-state index is -3.41. The fourth-order valence-corrected chi connectivity index (χ4v) is 3.14. The van der Waals surface area contributed by atoms with Gasteiger partial charge in [-0.3, -0.25) is 9.52 Å². The Kier molecular flexibility index (Phi) is 6.26. The lowest BCUT2D eigenvalue weighted by molar-refractivity contribution is 0.0910. The van der Waals surface area contributed by atoms with Crippen LogP contribution in [0.4, 0.5) is 5.69 Å². The second-order valence-electron chi connectivity index (χ2n) is 6.06. The molecule has 22 heavy (non-hydrogen) atoms. The van der Waals surface area contributed by atoms with E-state index in [-0.39, 0.29) is 22.7 Å². The highest BCUT2D eigenvalue weighted by Crippen LogP contribution is 2.24. The predicted octanol–water partition coefficient (Wildman–Crippen LogP) is 3.12. The maximum atomic E-state index is 12.3. The monoisotopic (exact) mass is 346 g/mol. The Morgan fingerprint density at radius 2 is 1.68 bits per heavy atom. The van der Waals surface area contributed by atoms with E-state index in [9.17, 15) is 13.2 Å². The van der Waals surface area contributed by atoms with Crippen LogP contribution in [0.1, 0.15) is 38.1 Å². The fraction of sp³-hybridized carbons (Fsp3) is 0.533. The highest BCUT2D eigenvalue weighted by atomic mass is 35.5. The zero-order chi connectivity index (χ0) is 17.1. The van der Waals surface area contributed by atoms with E-state index in [4.69, 9.17) is 11.6 Å². The lowest BCUT2D eigenvalue weighted by Crippen LogP contribution is -2.42. The molecule has 0 aromatic heterocycles. The number of nitrogens with one attached hydrogen (secondary N) is 2. The molecule has 1 rings (SSSR count). The summed E-state index contributed by atoms with van der Waals surface area (Å²) in [4.78, 5) is 12.3. The Labute approximate surface area is 137 Å². The minimum absolute atomic E-state index is 0.0556. The number of sulfonamides is 1. The topological polar surface area (TPSA) is 75.3 Å². The SMILES string of the molecule is CC(C)C(NC(=O)c1ccc(NS(C)(=O)=O)c(Cl)c1)C(C)C. The molecule has 0 unspecified atom stereocenters. The zero-order valence-electron chi connectivity index (χ0n) is 13.5. The van der Waals surface area contributed by atoms with Crippen molar-refractivity contribution >= 4 is 33.2 Å². The molecule has 0 aliphatic carbocycles. The summed E-state index contributed by atoms with van der Waals surface area (Å²) in [6, 6.07) is 4.55. The van der Waals surface area contributed by atoms with Crippen LogP contribution in [0, 0.1) is 11.8 Å². The van der Waals surface area contributed by atoms with Crippen molar-refractivity contribution in [2.24, 2.45) is 11.8 Å². The van der Waals surface area contributed by atoms with Gasteiger partial charge in [0.2, 0.25) is 10.0 Å². The first-order valence-electron chi connectivity index (χ1n) is 7.09. The Balaban J connectivity index is 2.94. The Morgan fingerprint density at radius 3 is 2.09 bits per heavy atom. The van der Waals surface area contributed by atoms with Crippen molar-refractivity contribution in [2.45, 2.75) is 33.7 Å². The lowest BCUT2D eigenvalue weighted by atomic mass is 9.93. The molecule has 2 N–H and O–H groups in total. The molecular weight excluding hydrogens is 324 g/mol. The lowest BCUT2D eigenvalue weighted by Gasteiger charge is -2.26. The largest absolute Gasteiger partial charge is 0.349 e. The molecule has 7 heteroatoms. The van der Waals surface area contributed by atoms with Gasteiger partial charge in [-0.25, -0.2) is 8.42 Å². The Morgan fingerprint density at radius 1 is 1.14 bits per heavy atom. The van der Waals surface area contributed by atoms with E-state index in [1.165, 1.54) is 12.1 Å². The average Bonchev–Trinajstić information content (AvgIpc) is 2.35. The number of halogens is 1. The van der Waals surface area contributed by atoms with Gasteiger partial charge in [0.15, 0.2) is 0 Å². The molecule has 0 bridgehead atoms. The quantitative estimate of drug-likeness (QED) is 0.831. The summed E-state index contributed by atoms with van der Waals surface area (Å²) in [5, 5.41) is 3.17. The van der Waals surface area contributed by atoms with Crippen molar-refractivity contribution in [3.63, 3.8) is 0 Å². The van der Waals surface area contributed by atoms with Gasteiger partial charge in [0.25, 0.3) is 5.91 Å². The van der Waals surface area contributed by atoms with E-state index < -0.39 is 10.0 Å². The van der Waals surface area contributed by atoms with Crippen LogP contribution in [-0.4, -0.2) is 26.6 Å². The fourth-order valence-electron chi connectivity index (χ4n) is 2.28. The van der Waals surface area contributed by atoms with E-state index >= 15 is 0 Å². The van der Waals surface area contributed by atoms with Gasteiger partial charge in [0, 0.05) is 11.6 Å². The maximum Gasteiger partial charge on any atom is 0.251 e. The molecule has 124 valence electrons. The molecule has 5 nitrogen and oxygen atoms in total. The summed E-state index contributed by atoms with van der Waals surface area (Å²) in [5.74, 6) is 0.399. The van der Waals surface area contributed by atoms with E-state index in [0.29, 0.717) is 17.4 Å². The molecule has 0 spiro atoms. The molecule has 0 heterocycles. The molecule has 0 fully saturated rings. The summed E-state index contributed by atoms with van der Waals surface area (Å²) in [7, 11) is -3.41. The summed E-state index contributed by atoms with van der Waals surface area (Å²) in [6.07, 6.45) is 1.04. The second-order valence-corrected chi connectivity index (χ2v) is 8.21. The summed E-state index contributed by atoms with van der Waals surface area (Å²) >= 11 is 6.03. The van der Waals surface area contributed by atoms with Crippen LogP contribution in [0.3, 0.4) is 0 Å². The molecule has 1 aromatic rings. The number of rotatable bonds is 6. The van der Waals surface area contributed by atoms with Crippen molar-refractivity contribution in [3.05, 3.63) is 28.8 Å². The van der Waals surface area contributed by atoms with Crippen molar-refractivity contribution < 1.29 is 13.2 Å². The highest BCUT2D eigenvalue weighted by Gasteiger charge is 2.21. The second kappa shape index (κ2) is 7.33. The van der Waals surface area contributed by atoms with Crippen molar-refractivity contribution in [3.8, 4) is 0 Å². The molecule has 0 saturated heterocycles. The van der Waals surface area contributed by atoms with Crippen molar-refractivity contribution in [2.75, 3.05) is 11.0 Å². The summed E-state index contributed by atoms with van der Waals surface area (Å²) in [5.41, 5.74) is 0.653. The smallest absolute Gasteiger partial charge is 0.251 e. The number of hydrogen-bond acceptors (Lipinski definition) is 3. The molecule has 0 radical (unpaired) electrons. The number of benzene rings is 1. The van der Waals surface area contributed by atoms with Gasteiger partial charge in [-0.2, -0.15) is 0 Å². The van der Waals surface area contributed by atoms with Crippen LogP contribution in [0.2, 0.25) is 5.02 Å². The summed E-state index contributed by atoms with van der Waals surface area (Å²) < 4.78 is 24.7. The standard InChI is InChI=1S/C15H23ClN2O3S/c1-9(2)14(10(3)4)17-15(19)11-6-7-13(12(16)8-11)18-22(5,20)21/h6-10,14,18H,1-5H3,(H,17,19). The Bertz CT molecular complexity index is 634. The van der Waals surface area contributed by atoms with Gasteiger partial charge in [-0.15, -0.1) is 0 Å². The van der Waals surface area contributed by atoms with E-state index in [2.05, 4.69) is 37.7 Å². The van der Waals surface area contributed by atoms with E-state index in [0.717, 1.165) is 6.26 Å². The number of anilines is 1. The minimum Gasteiger partial charge on any atom is -0.349 e. The van der Waals surface area contributed by atoms with Gasteiger partial charge in [0.05, 0.1) is 17.0 Å². The van der Waals surface area contributed by atoms with Crippen LogP contribution in [0.5, 0.6) is 0 Å². The van der Waals surface area contributed by atoms with Crippen LogP contribution in [0.15, 0.2) is 18.2 Å². The molecule has 0 atom stereocenters. The third-order valence-electron chi connectivity index (χ3n) is 3.26. The number of carbonyl (C=O) groups is 1. The van der Waals surface area contributed by atoms with Gasteiger partial charge in [-0.1, -0.05) is 39.3 Å². The van der Waals surface area contributed by atoms with Crippen LogP contribution < -0.4 is 10.0 Å². The number of amides is 1. The first kappa shape index (κ1) is 18.8. The summed E-state index contributed by atoms with van der Waals surface area (Å²) in [6.45, 7) is 8.21. The number of carbonyl (C=O) groups excluding carboxylic acids is 1. The van der Waals surface area contributed by atoms with Crippen LogP contribution in [0.25, 0.3) is 0 Å². The van der Waals surface area contributed by atoms with E-state index in [1.807, 2.05) is 0 Å². The van der Waals surface area contributed by atoms with Gasteiger partial charge >= 0.3 is 0 Å². The normalized spacial score (nSPS) is 12.0. The first-order chi connectivity index (χ1) is 10.0. The molecule has 0 saturated carbocycles. The molecule has 0 aliphatic rings. The zero-order valence-corrected chi connectivity index (χ0v) is 15.0. The molecule has 1 aromatic carbocycles. The molecule has 1 amide bonds. The van der Waals surface area contributed by atoms with Gasteiger partial charge in [-0.05, 0) is 30.0 Å². The molecule has 0 aliphatic heterocycles. The highest BCUT2D eigenvalue weighted by molar-refractivity contribution is 7.92.